The van der Waals surface area contributed by atoms with Crippen LogP contribution in [-0.2, 0) is 23.1 Å². The fraction of sp³-hybridized carbons (Fsp3) is 0.767. The molecule has 0 amide bonds. The van der Waals surface area contributed by atoms with Gasteiger partial charge in [0.2, 0.25) is 5.95 Å². The molecule has 0 N–H and O–H groups in total. The maximum atomic E-state index is 5.88. The molecule has 2 aliphatic rings. The molecule has 2 aliphatic heterocycles. The number of hydrogen-bond acceptors (Lipinski definition) is 8. The average Bonchev–Trinajstić information content (AvgIpc) is 3.38. The molecule has 0 aromatic carbocycles. The summed E-state index contributed by atoms with van der Waals surface area (Å²) in [6, 6.07) is 0. The topological polar surface area (TPSA) is 65.8 Å². The fourth-order valence-electron chi connectivity index (χ4n) is 5.15. The summed E-state index contributed by atoms with van der Waals surface area (Å²) < 4.78 is 7.99. The Morgan fingerprint density at radius 1 is 0.718 bits per heavy atom. The summed E-state index contributed by atoms with van der Waals surface area (Å²) >= 11 is 0. The highest BCUT2D eigenvalue weighted by Crippen LogP contribution is 2.21. The molecule has 39 heavy (non-hydrogen) atoms. The number of hydrogen-bond donors (Lipinski definition) is 0. The van der Waals surface area contributed by atoms with Crippen molar-refractivity contribution in [2.24, 2.45) is 0 Å². The Balaban J connectivity index is 1.09. The Kier molecular flexibility index (Phi) is 10.4. The third-order valence-corrected chi connectivity index (χ3v) is 7.83. The normalized spacial score (nSPS) is 18.7. The van der Waals surface area contributed by atoms with Crippen LogP contribution >= 0.6 is 0 Å². The highest BCUT2D eigenvalue weighted by molar-refractivity contribution is 5.30. The van der Waals surface area contributed by atoms with Gasteiger partial charge >= 0.3 is 0 Å². The third kappa shape index (κ3) is 9.81. The number of anilines is 1. The third-order valence-electron chi connectivity index (χ3n) is 7.83. The lowest BCUT2D eigenvalue weighted by molar-refractivity contribution is -0.0135. The summed E-state index contributed by atoms with van der Waals surface area (Å²) in [6.45, 7) is 26.6. The van der Waals surface area contributed by atoms with Crippen LogP contribution in [0, 0.1) is 0 Å². The van der Waals surface area contributed by atoms with Crippen LogP contribution in [0.1, 0.15) is 59.1 Å². The van der Waals surface area contributed by atoms with E-state index in [0.717, 1.165) is 104 Å². The van der Waals surface area contributed by atoms with Crippen molar-refractivity contribution in [3.8, 4) is 0 Å². The van der Waals surface area contributed by atoms with Crippen LogP contribution in [0.2, 0.25) is 0 Å². The van der Waals surface area contributed by atoms with Crippen LogP contribution in [0.15, 0.2) is 24.8 Å². The molecule has 2 aromatic heterocycles. The van der Waals surface area contributed by atoms with Gasteiger partial charge in [-0.2, -0.15) is 5.10 Å². The smallest absolute Gasteiger partial charge is 0.225 e. The number of aromatic nitrogens is 4. The molecule has 2 aromatic rings. The lowest BCUT2D eigenvalue weighted by Gasteiger charge is -2.35. The molecule has 2 saturated heterocycles. The van der Waals surface area contributed by atoms with E-state index in [2.05, 4.69) is 77.1 Å². The molecule has 218 valence electrons. The number of aryl methyl sites for hydroxylation is 1. The Hall–Kier alpha value is -2.07. The van der Waals surface area contributed by atoms with Crippen molar-refractivity contribution in [1.29, 1.82) is 0 Å². The van der Waals surface area contributed by atoms with Crippen molar-refractivity contribution in [2.45, 2.75) is 71.9 Å². The van der Waals surface area contributed by atoms with Crippen molar-refractivity contribution < 1.29 is 4.74 Å². The molecule has 4 heterocycles. The van der Waals surface area contributed by atoms with Gasteiger partial charge in [-0.25, -0.2) is 9.97 Å². The molecule has 2 fully saturated rings. The van der Waals surface area contributed by atoms with E-state index in [4.69, 9.17) is 14.7 Å². The number of nitrogens with zero attached hydrogens (tertiary/aromatic N) is 8. The molecule has 9 heteroatoms. The second-order valence-corrected chi connectivity index (χ2v) is 13.2. The summed E-state index contributed by atoms with van der Waals surface area (Å²) in [5.41, 5.74) is 2.64. The minimum atomic E-state index is -0.0652. The first kappa shape index (κ1) is 29.9. The zero-order valence-corrected chi connectivity index (χ0v) is 25.4. The van der Waals surface area contributed by atoms with Gasteiger partial charge in [0.15, 0.2) is 0 Å². The van der Waals surface area contributed by atoms with Crippen LogP contribution in [0.5, 0.6) is 0 Å². The predicted octanol–water partition coefficient (Wildman–Crippen LogP) is 3.16. The van der Waals surface area contributed by atoms with Gasteiger partial charge in [0.1, 0.15) is 0 Å². The zero-order valence-electron chi connectivity index (χ0n) is 25.4. The molecule has 0 aliphatic carbocycles. The van der Waals surface area contributed by atoms with Gasteiger partial charge in [-0.05, 0) is 56.7 Å². The molecule has 0 spiro atoms. The van der Waals surface area contributed by atoms with Crippen molar-refractivity contribution >= 4 is 5.95 Å². The number of ether oxygens (including phenoxy) is 1. The monoisotopic (exact) mass is 540 g/mol. The molecule has 0 saturated carbocycles. The highest BCUT2D eigenvalue weighted by atomic mass is 16.5. The van der Waals surface area contributed by atoms with Gasteiger partial charge in [-0.3, -0.25) is 9.58 Å². The fourth-order valence-corrected chi connectivity index (χ4v) is 5.15. The molecular weight excluding hydrogens is 488 g/mol. The van der Waals surface area contributed by atoms with Crippen molar-refractivity contribution in [2.75, 3.05) is 83.5 Å². The van der Waals surface area contributed by atoms with Crippen LogP contribution in [0.3, 0.4) is 0 Å². The minimum absolute atomic E-state index is 0.0652. The van der Waals surface area contributed by atoms with E-state index < -0.39 is 0 Å². The maximum Gasteiger partial charge on any atom is 0.225 e. The quantitative estimate of drug-likeness (QED) is 0.431. The van der Waals surface area contributed by atoms with Crippen LogP contribution in [-0.4, -0.2) is 119 Å². The Morgan fingerprint density at radius 2 is 1.31 bits per heavy atom. The van der Waals surface area contributed by atoms with Crippen molar-refractivity contribution in [1.82, 2.24) is 34.4 Å². The minimum Gasteiger partial charge on any atom is -0.375 e. The molecule has 9 nitrogen and oxygen atoms in total. The van der Waals surface area contributed by atoms with Crippen molar-refractivity contribution in [3.05, 3.63) is 35.9 Å². The van der Waals surface area contributed by atoms with Gasteiger partial charge in [0, 0.05) is 90.6 Å². The lowest BCUT2D eigenvalue weighted by atomic mass is 9.90. The number of piperazine rings is 2. The summed E-state index contributed by atoms with van der Waals surface area (Å²) in [5, 5.41) is 4.55. The molecule has 0 atom stereocenters. The molecular formula is C30H52N8O. The van der Waals surface area contributed by atoms with E-state index in [1.54, 1.807) is 0 Å². The van der Waals surface area contributed by atoms with E-state index in [1.807, 2.05) is 18.6 Å². The Morgan fingerprint density at radius 3 is 1.90 bits per heavy atom. The van der Waals surface area contributed by atoms with E-state index in [-0.39, 0.29) is 11.0 Å². The summed E-state index contributed by atoms with van der Waals surface area (Å²) in [4.78, 5) is 19.4. The standard InChI is InChI=1S/C30H52N8O/c1-29(2,3)27-24-33-38(25-27)10-7-9-34-12-14-35(15-13-34)11-8-26-22-31-28(32-23-26)37-18-16-36(17-19-37)20-21-39-30(4,5)6/h22-25H,7-21H2,1-6H3. The molecule has 0 radical (unpaired) electrons. The van der Waals surface area contributed by atoms with E-state index in [9.17, 15) is 0 Å². The molecule has 4 rings (SSSR count). The average molecular weight is 541 g/mol. The summed E-state index contributed by atoms with van der Waals surface area (Å²) in [7, 11) is 0. The van der Waals surface area contributed by atoms with Gasteiger partial charge < -0.3 is 19.4 Å². The SMILES string of the molecule is CC(C)(C)OCCN1CCN(c2ncc(CCN3CCN(CCCn4cc(C(C)(C)C)cn4)CC3)cn2)CC1. The second kappa shape index (κ2) is 13.5. The Bertz CT molecular complexity index is 978. The first-order chi connectivity index (χ1) is 18.5. The van der Waals surface area contributed by atoms with E-state index >= 15 is 0 Å². The maximum absolute atomic E-state index is 5.88. The Labute approximate surface area is 236 Å². The summed E-state index contributed by atoms with van der Waals surface area (Å²) in [6.07, 6.45) is 10.4. The van der Waals surface area contributed by atoms with Crippen LogP contribution in [0.4, 0.5) is 5.95 Å². The van der Waals surface area contributed by atoms with Crippen LogP contribution in [0.25, 0.3) is 0 Å². The lowest BCUT2D eigenvalue weighted by Crippen LogP contribution is -2.48. The zero-order chi connectivity index (χ0) is 27.9. The van der Waals surface area contributed by atoms with Gasteiger partial charge in [-0.15, -0.1) is 0 Å². The number of rotatable bonds is 11. The largest absolute Gasteiger partial charge is 0.375 e. The first-order valence-corrected chi connectivity index (χ1v) is 14.9. The molecule has 0 bridgehead atoms. The van der Waals surface area contributed by atoms with Crippen LogP contribution < -0.4 is 4.90 Å². The summed E-state index contributed by atoms with van der Waals surface area (Å²) in [5.74, 6) is 0.864. The van der Waals surface area contributed by atoms with Gasteiger partial charge in [0.25, 0.3) is 0 Å². The molecule has 0 unspecified atom stereocenters. The van der Waals surface area contributed by atoms with Crippen molar-refractivity contribution in [3.63, 3.8) is 0 Å². The second-order valence-electron chi connectivity index (χ2n) is 13.2. The van der Waals surface area contributed by atoms with Gasteiger partial charge in [-0.1, -0.05) is 20.8 Å². The van der Waals surface area contributed by atoms with E-state index in [1.165, 1.54) is 11.1 Å². The van der Waals surface area contributed by atoms with Gasteiger partial charge in [0.05, 0.1) is 18.4 Å². The van der Waals surface area contributed by atoms with E-state index in [0.29, 0.717) is 0 Å². The first-order valence-electron chi connectivity index (χ1n) is 14.9. The predicted molar refractivity (Wildman–Crippen MR) is 159 cm³/mol. The highest BCUT2D eigenvalue weighted by Gasteiger charge is 2.21.